The molecule has 0 amide bonds. The molecule has 2 aliphatic carbocycles. The number of nitrogens with two attached hydrogens (primary N) is 1. The summed E-state index contributed by atoms with van der Waals surface area (Å²) in [5.74, 6) is 1.47. The van der Waals surface area contributed by atoms with E-state index in [0.29, 0.717) is 18.1 Å². The summed E-state index contributed by atoms with van der Waals surface area (Å²) in [6.45, 7) is 8.72. The molecule has 17 heavy (non-hydrogen) atoms. The Labute approximate surface area is 104 Å². The second-order valence-electron chi connectivity index (χ2n) is 7.10. The molecule has 3 N–H and O–H groups in total. The van der Waals surface area contributed by atoms with Crippen molar-refractivity contribution < 1.29 is 4.74 Å². The monoisotopic (exact) mass is 238 g/mol. The molecule has 0 bridgehead atoms. The molecule has 3 unspecified atom stereocenters. The maximum atomic E-state index is 6.69. The molecule has 3 heteroatoms. The molecule has 3 atom stereocenters. The summed E-state index contributed by atoms with van der Waals surface area (Å²) >= 11 is 0. The van der Waals surface area contributed by atoms with E-state index >= 15 is 0 Å². The predicted octanol–water partition coefficient (Wildman–Crippen LogP) is 1.52. The largest absolute Gasteiger partial charge is 0.377 e. The predicted molar refractivity (Wildman–Crippen MR) is 68.7 cm³/mol. The summed E-state index contributed by atoms with van der Waals surface area (Å²) in [4.78, 5) is 0. The first-order chi connectivity index (χ1) is 7.95. The van der Waals surface area contributed by atoms with Gasteiger partial charge in [0.15, 0.2) is 0 Å². The van der Waals surface area contributed by atoms with Crippen LogP contribution in [-0.2, 0) is 4.74 Å². The zero-order chi connectivity index (χ0) is 12.3. The van der Waals surface area contributed by atoms with E-state index in [2.05, 4.69) is 26.1 Å². The molecule has 1 saturated heterocycles. The van der Waals surface area contributed by atoms with Crippen LogP contribution in [-0.4, -0.2) is 30.8 Å². The highest BCUT2D eigenvalue weighted by atomic mass is 16.5. The van der Waals surface area contributed by atoms with Crippen molar-refractivity contribution in [1.82, 2.24) is 5.32 Å². The average Bonchev–Trinajstić information content (AvgIpc) is 2.70. The van der Waals surface area contributed by atoms with Crippen molar-refractivity contribution in [2.24, 2.45) is 23.0 Å². The minimum atomic E-state index is -0.0625. The fraction of sp³-hybridized carbons (Fsp3) is 1.00. The minimum Gasteiger partial charge on any atom is -0.377 e. The van der Waals surface area contributed by atoms with E-state index in [9.17, 15) is 0 Å². The molecular formula is C14H26N2O. The normalized spacial score (nSPS) is 51.5. The molecule has 3 nitrogen and oxygen atoms in total. The summed E-state index contributed by atoms with van der Waals surface area (Å²) in [7, 11) is 0. The zero-order valence-electron chi connectivity index (χ0n) is 11.3. The molecule has 98 valence electrons. The summed E-state index contributed by atoms with van der Waals surface area (Å²) in [6, 6.07) is 0.711. The van der Waals surface area contributed by atoms with E-state index in [-0.39, 0.29) is 11.0 Å². The fourth-order valence-corrected chi connectivity index (χ4v) is 4.22. The maximum Gasteiger partial charge on any atom is 0.0691 e. The molecule has 3 rings (SSSR count). The van der Waals surface area contributed by atoms with Crippen molar-refractivity contribution in [2.45, 2.75) is 57.7 Å². The minimum absolute atomic E-state index is 0.0625. The van der Waals surface area contributed by atoms with Gasteiger partial charge >= 0.3 is 0 Å². The van der Waals surface area contributed by atoms with Gasteiger partial charge in [-0.2, -0.15) is 0 Å². The highest BCUT2D eigenvalue weighted by molar-refractivity contribution is 5.21. The van der Waals surface area contributed by atoms with E-state index in [0.717, 1.165) is 25.5 Å². The fourth-order valence-electron chi connectivity index (χ4n) is 4.22. The Morgan fingerprint density at radius 2 is 2.06 bits per heavy atom. The Morgan fingerprint density at radius 1 is 1.35 bits per heavy atom. The first-order valence-corrected chi connectivity index (χ1v) is 7.09. The Bertz CT molecular complexity index is 311. The number of ether oxygens (including phenoxy) is 1. The van der Waals surface area contributed by atoms with E-state index < -0.39 is 0 Å². The molecule has 0 radical (unpaired) electrons. The third kappa shape index (κ3) is 1.52. The number of rotatable bonds is 3. The van der Waals surface area contributed by atoms with Crippen molar-refractivity contribution in [2.75, 3.05) is 13.2 Å². The van der Waals surface area contributed by atoms with Crippen LogP contribution in [0, 0.1) is 17.3 Å². The Hall–Kier alpha value is -0.120. The van der Waals surface area contributed by atoms with Crippen LogP contribution < -0.4 is 11.1 Å². The lowest BCUT2D eigenvalue weighted by Crippen LogP contribution is -2.78. The molecule has 2 saturated carbocycles. The molecule has 0 aromatic rings. The van der Waals surface area contributed by atoms with Gasteiger partial charge < -0.3 is 15.8 Å². The van der Waals surface area contributed by atoms with Crippen molar-refractivity contribution in [3.8, 4) is 0 Å². The van der Waals surface area contributed by atoms with Crippen molar-refractivity contribution in [1.29, 1.82) is 0 Å². The Kier molecular flexibility index (Phi) is 2.59. The lowest BCUT2D eigenvalue weighted by atomic mass is 9.48. The number of hydrogen-bond acceptors (Lipinski definition) is 3. The average molecular weight is 238 g/mol. The van der Waals surface area contributed by atoms with Gasteiger partial charge in [-0.15, -0.1) is 0 Å². The van der Waals surface area contributed by atoms with Gasteiger partial charge in [0.25, 0.3) is 0 Å². The van der Waals surface area contributed by atoms with Crippen LogP contribution in [0.1, 0.15) is 40.0 Å². The Balaban J connectivity index is 1.61. The van der Waals surface area contributed by atoms with Crippen LogP contribution in [0.5, 0.6) is 0 Å². The third-order valence-electron chi connectivity index (χ3n) is 5.72. The van der Waals surface area contributed by atoms with Crippen LogP contribution in [0.3, 0.4) is 0 Å². The maximum absolute atomic E-state index is 6.69. The first kappa shape index (κ1) is 11.9. The van der Waals surface area contributed by atoms with Gasteiger partial charge in [0, 0.05) is 36.1 Å². The van der Waals surface area contributed by atoms with E-state index in [1.54, 1.807) is 0 Å². The van der Waals surface area contributed by atoms with E-state index in [1.807, 2.05) is 0 Å². The van der Waals surface area contributed by atoms with Crippen LogP contribution >= 0.6 is 0 Å². The van der Waals surface area contributed by atoms with Gasteiger partial charge in [-0.3, -0.25) is 0 Å². The third-order valence-corrected chi connectivity index (χ3v) is 5.72. The number of hydrogen-bond donors (Lipinski definition) is 2. The topological polar surface area (TPSA) is 47.3 Å². The van der Waals surface area contributed by atoms with Crippen LogP contribution in [0.15, 0.2) is 0 Å². The highest BCUT2D eigenvalue weighted by Crippen LogP contribution is 2.57. The quantitative estimate of drug-likeness (QED) is 0.783. The van der Waals surface area contributed by atoms with Gasteiger partial charge in [-0.25, -0.2) is 0 Å². The van der Waals surface area contributed by atoms with Gasteiger partial charge in [0.05, 0.1) is 6.10 Å². The Morgan fingerprint density at radius 3 is 2.71 bits per heavy atom. The van der Waals surface area contributed by atoms with Crippen LogP contribution in [0.4, 0.5) is 0 Å². The molecule has 3 fully saturated rings. The molecule has 0 aromatic heterocycles. The van der Waals surface area contributed by atoms with Crippen molar-refractivity contribution in [3.63, 3.8) is 0 Å². The summed E-state index contributed by atoms with van der Waals surface area (Å²) in [6.07, 6.45) is 4.19. The highest BCUT2D eigenvalue weighted by Gasteiger charge is 2.67. The molecular weight excluding hydrogens is 212 g/mol. The zero-order valence-corrected chi connectivity index (χ0v) is 11.3. The lowest BCUT2D eigenvalue weighted by Gasteiger charge is -2.63. The molecule has 3 aliphatic rings. The van der Waals surface area contributed by atoms with Gasteiger partial charge in [-0.1, -0.05) is 20.8 Å². The van der Waals surface area contributed by atoms with Crippen molar-refractivity contribution in [3.05, 3.63) is 0 Å². The molecule has 0 aromatic carbocycles. The van der Waals surface area contributed by atoms with Crippen LogP contribution in [0.25, 0.3) is 0 Å². The second kappa shape index (κ2) is 3.69. The SMILES string of the molecule is CC1CC(NCC2(N)C3CCOC3C2(C)C)C1. The van der Waals surface area contributed by atoms with Gasteiger partial charge in [-0.05, 0) is 25.2 Å². The molecule has 0 spiro atoms. The summed E-state index contributed by atoms with van der Waals surface area (Å²) < 4.78 is 5.82. The second-order valence-corrected chi connectivity index (χ2v) is 7.10. The summed E-state index contributed by atoms with van der Waals surface area (Å²) in [5.41, 5.74) is 6.74. The van der Waals surface area contributed by atoms with E-state index in [1.165, 1.54) is 12.8 Å². The lowest BCUT2D eigenvalue weighted by molar-refractivity contribution is -0.154. The molecule has 1 aliphatic heterocycles. The van der Waals surface area contributed by atoms with Crippen LogP contribution in [0.2, 0.25) is 0 Å². The first-order valence-electron chi connectivity index (χ1n) is 7.09. The smallest absolute Gasteiger partial charge is 0.0691 e. The van der Waals surface area contributed by atoms with Crippen molar-refractivity contribution >= 4 is 0 Å². The molecule has 1 heterocycles. The van der Waals surface area contributed by atoms with Gasteiger partial charge in [0.1, 0.15) is 0 Å². The van der Waals surface area contributed by atoms with Gasteiger partial charge in [0.2, 0.25) is 0 Å². The van der Waals surface area contributed by atoms with E-state index in [4.69, 9.17) is 10.5 Å². The number of nitrogens with one attached hydrogen (secondary N) is 1. The standard InChI is InChI=1S/C14H26N2O/c1-9-6-10(7-9)16-8-14(15)11-4-5-17-12(11)13(14,2)3/h9-12,16H,4-8,15H2,1-3H3. The number of fused-ring (bicyclic) bond motifs is 1. The summed E-state index contributed by atoms with van der Waals surface area (Å²) in [5, 5.41) is 3.68.